The molecule has 284 valence electrons. The molecule has 0 aromatic heterocycles. The first kappa shape index (κ1) is 62.2. The molecule has 0 bridgehead atoms. The van der Waals surface area contributed by atoms with Crippen LogP contribution in [0.3, 0.4) is 0 Å². The zero-order chi connectivity index (χ0) is 36.1. The van der Waals surface area contributed by atoms with Crippen molar-refractivity contribution in [1.29, 1.82) is 0 Å². The van der Waals surface area contributed by atoms with Crippen molar-refractivity contribution in [3.8, 4) is 0 Å². The molecule has 0 heterocycles. The van der Waals surface area contributed by atoms with Crippen molar-refractivity contribution in [2.45, 2.75) is 160 Å². The van der Waals surface area contributed by atoms with Gasteiger partial charge in [0.2, 0.25) is 0 Å². The number of rotatable bonds is 24. The Morgan fingerprint density at radius 3 is 0.633 bits per heavy atom. The van der Waals surface area contributed by atoms with Crippen molar-refractivity contribution in [1.82, 2.24) is 0 Å². The van der Waals surface area contributed by atoms with Gasteiger partial charge >= 0.3 is 58.4 Å². The van der Waals surface area contributed by atoms with Gasteiger partial charge in [-0.2, -0.15) is 0 Å². The van der Waals surface area contributed by atoms with Crippen LogP contribution < -0.4 is 19.6 Å². The van der Waals surface area contributed by atoms with Gasteiger partial charge in [-0.15, -0.1) is 0 Å². The van der Waals surface area contributed by atoms with Crippen LogP contribution in [0.4, 0.5) is 0 Å². The summed E-state index contributed by atoms with van der Waals surface area (Å²) in [6.07, 6.45) is 14.1. The maximum atomic E-state index is 12.0. The van der Waals surface area contributed by atoms with E-state index in [1.807, 2.05) is 0 Å². The molecule has 49 heavy (non-hydrogen) atoms. The molecule has 0 rings (SSSR count). The molecule has 0 aromatic carbocycles. The molecule has 0 aromatic rings. The minimum atomic E-state index is -3.63. The van der Waals surface area contributed by atoms with Gasteiger partial charge in [-0.05, 0) is 96.0 Å². The molecule has 8 unspecified atom stereocenters. The van der Waals surface area contributed by atoms with Gasteiger partial charge in [-0.3, -0.25) is 0 Å². The molecule has 0 fully saturated rings. The maximum Gasteiger partial charge on any atom is 2.00 e. The fraction of sp³-hybridized carbons (Fsp3) is 1.00. The van der Waals surface area contributed by atoms with Crippen molar-refractivity contribution in [3.63, 3.8) is 0 Å². The van der Waals surface area contributed by atoms with E-state index in [9.17, 15) is 19.6 Å². The molecule has 0 amide bonds. The van der Waals surface area contributed by atoms with E-state index in [-0.39, 0.29) is 58.4 Å². The van der Waals surface area contributed by atoms with E-state index in [0.717, 1.165) is 72.4 Å². The van der Waals surface area contributed by atoms with Crippen LogP contribution in [0.5, 0.6) is 0 Å². The number of hydrogen-bond acceptors (Lipinski definition) is 6. The summed E-state index contributed by atoms with van der Waals surface area (Å²) in [5.74, 6) is 7.85. The average Bonchev–Trinajstić information content (AvgIpc) is 2.98. The van der Waals surface area contributed by atoms with E-state index in [1.54, 1.807) is 0 Å². The van der Waals surface area contributed by atoms with Gasteiger partial charge in [0.05, 0.1) is 0 Å². The molecular weight excluding hydrogens is 883 g/mol. The van der Waals surface area contributed by atoms with Crippen LogP contribution in [0.1, 0.15) is 160 Å². The van der Waals surface area contributed by atoms with E-state index >= 15 is 0 Å². The first-order chi connectivity index (χ1) is 21.2. The van der Waals surface area contributed by atoms with E-state index < -0.39 is 31.5 Å². The summed E-state index contributed by atoms with van der Waals surface area (Å²) in [5, 5.41) is 0. The predicted octanol–water partition coefficient (Wildman–Crippen LogP) is 8.94. The SMILES string of the molecule is CCC(C)CCC(C)CS(CC(C)CCC(C)CC)=P([O-])([O-])[S-].CCC(C)CCC(C)CS(CC(C)CCC(C)CC)=P([O-])([O-])[S-].[Zn+2].[Zn+2].[Zn+2]. The Hall–Kier alpha value is 3.97. The molecule has 0 saturated carbocycles. The fourth-order valence-electron chi connectivity index (χ4n) is 5.24. The molecule has 0 aliphatic heterocycles. The Morgan fingerprint density at radius 1 is 0.367 bits per heavy atom. The van der Waals surface area contributed by atoms with Crippen molar-refractivity contribution >= 4 is 56.0 Å². The zero-order valence-corrected chi connectivity index (χ0v) is 48.2. The van der Waals surface area contributed by atoms with Crippen molar-refractivity contribution in [2.75, 3.05) is 23.0 Å². The molecule has 4 nitrogen and oxygen atoms in total. The van der Waals surface area contributed by atoms with Gasteiger partial charge in [0.15, 0.2) is 0 Å². The number of hydrogen-bond donors (Lipinski definition) is 0. The van der Waals surface area contributed by atoms with Gasteiger partial charge in [-0.1, -0.05) is 134 Å². The molecule has 0 radical (unpaired) electrons. The fourth-order valence-corrected chi connectivity index (χ4v) is 17.0. The first-order valence-electron chi connectivity index (χ1n) is 18.6. The van der Waals surface area contributed by atoms with Crippen LogP contribution in [0.15, 0.2) is 0 Å². The summed E-state index contributed by atoms with van der Waals surface area (Å²) >= 11 is 9.75. The molecule has 0 saturated heterocycles. The normalized spacial score (nSPS) is 18.0. The van der Waals surface area contributed by atoms with Crippen LogP contribution in [-0.4, -0.2) is 23.0 Å². The smallest absolute Gasteiger partial charge is 0.854 e. The third-order valence-corrected chi connectivity index (χ3v) is 24.4. The van der Waals surface area contributed by atoms with Gasteiger partial charge in [0, 0.05) is 0 Å². The van der Waals surface area contributed by atoms with Gasteiger partial charge in [-0.25, -0.2) is 20.1 Å². The Bertz CT molecular complexity index is 758. The molecule has 0 spiro atoms. The van der Waals surface area contributed by atoms with Crippen LogP contribution in [-0.2, 0) is 103 Å². The monoisotopic (exact) mass is 954 g/mol. The summed E-state index contributed by atoms with van der Waals surface area (Å²) in [7, 11) is -1.24. The molecule has 13 heteroatoms. The summed E-state index contributed by atoms with van der Waals surface area (Å²) in [6, 6.07) is 0. The van der Waals surface area contributed by atoms with Gasteiger partial charge in [0.25, 0.3) is 0 Å². The minimum absolute atomic E-state index is 0. The van der Waals surface area contributed by atoms with Crippen LogP contribution in [0.25, 0.3) is 0 Å². The Kier molecular flexibility index (Phi) is 44.6. The summed E-state index contributed by atoms with van der Waals surface area (Å²) in [5.41, 5.74) is -7.26. The first-order valence-corrected chi connectivity index (χ1v) is 28.2. The van der Waals surface area contributed by atoms with Crippen molar-refractivity contribution in [2.24, 2.45) is 47.3 Å². The summed E-state index contributed by atoms with van der Waals surface area (Å²) in [6.45, 7) is 26.7. The molecular formula is C36H76O4P2S4Zn3. The topological polar surface area (TPSA) is 92.2 Å². The molecule has 0 aliphatic carbocycles. The van der Waals surface area contributed by atoms with Crippen LogP contribution in [0, 0.1) is 47.3 Å². The zero-order valence-electron chi connectivity index (χ0n) is 34.2. The third-order valence-electron chi connectivity index (χ3n) is 9.94. The Morgan fingerprint density at radius 2 is 0.510 bits per heavy atom. The summed E-state index contributed by atoms with van der Waals surface area (Å²) < 4.78 is 0. The Balaban J connectivity index is -0.000000248. The van der Waals surface area contributed by atoms with Crippen LogP contribution in [0.2, 0.25) is 0 Å². The third kappa shape index (κ3) is 36.1. The molecule has 0 N–H and O–H groups in total. The second kappa shape index (κ2) is 35.2. The van der Waals surface area contributed by atoms with Gasteiger partial charge in [0.1, 0.15) is 0 Å². The standard InChI is InChI=1S/2C18H38O2PS2.3Zn/c2*1-7-15(3)9-11-17(5)13-23(21(19,20)22)14-18(6)12-10-16(4)8-2;;;/h2*15-18H,7-14H2,1-6H3;;;/q2*-3;3*+2. The van der Waals surface area contributed by atoms with E-state index in [4.69, 9.17) is 24.5 Å². The van der Waals surface area contributed by atoms with E-state index in [2.05, 4.69) is 83.1 Å². The summed E-state index contributed by atoms with van der Waals surface area (Å²) in [4.78, 5) is 48.2. The second-order valence-electron chi connectivity index (χ2n) is 15.3. The predicted molar refractivity (Wildman–Crippen MR) is 214 cm³/mol. The van der Waals surface area contributed by atoms with Gasteiger partial charge < -0.3 is 55.5 Å². The van der Waals surface area contributed by atoms with Crippen LogP contribution >= 0.6 is 11.4 Å². The van der Waals surface area contributed by atoms with Crippen molar-refractivity contribution < 1.29 is 78.0 Å². The minimum Gasteiger partial charge on any atom is -0.854 e. The van der Waals surface area contributed by atoms with E-state index in [1.165, 1.54) is 51.4 Å². The van der Waals surface area contributed by atoms with Crippen molar-refractivity contribution in [3.05, 3.63) is 0 Å². The largest absolute Gasteiger partial charge is 2.00 e. The Labute approximate surface area is 361 Å². The average molecular weight is 959 g/mol. The second-order valence-corrected chi connectivity index (χ2v) is 30.5. The molecule has 8 atom stereocenters. The molecule has 0 aliphatic rings. The maximum absolute atomic E-state index is 12.0. The quantitative estimate of drug-likeness (QED) is 0.0546. The van der Waals surface area contributed by atoms with E-state index in [0.29, 0.717) is 23.7 Å².